The minimum absolute atomic E-state index is 0.184. The van der Waals surface area contributed by atoms with Crippen molar-refractivity contribution in [3.05, 3.63) is 0 Å². The number of amides is 1. The van der Waals surface area contributed by atoms with Gasteiger partial charge in [-0.3, -0.25) is 4.79 Å². The molecule has 1 amide bonds. The highest BCUT2D eigenvalue weighted by molar-refractivity contribution is 9.12. The second-order valence-corrected chi connectivity index (χ2v) is 3.92. The maximum atomic E-state index is 11.1. The Labute approximate surface area is 87.6 Å². The SMILES string of the molecule is CC(NC(=O)C#CBr)C1CCCC1. The highest BCUT2D eigenvalue weighted by Gasteiger charge is 2.21. The first-order valence-corrected chi connectivity index (χ1v) is 5.45. The fraction of sp³-hybridized carbons (Fsp3) is 0.700. The number of carbonyl (C=O) groups is 1. The van der Waals surface area contributed by atoms with Gasteiger partial charge in [0.2, 0.25) is 0 Å². The smallest absolute Gasteiger partial charge is 0.296 e. The van der Waals surface area contributed by atoms with Crippen molar-refractivity contribution in [2.45, 2.75) is 38.6 Å². The first-order valence-electron chi connectivity index (χ1n) is 4.66. The summed E-state index contributed by atoms with van der Waals surface area (Å²) >= 11 is 2.90. The number of nitrogens with one attached hydrogen (secondary N) is 1. The summed E-state index contributed by atoms with van der Waals surface area (Å²) in [4.78, 5) is 13.5. The molecule has 1 rings (SSSR count). The zero-order valence-corrected chi connectivity index (χ0v) is 9.36. The molecular formula is C10H14BrNO. The molecule has 0 heterocycles. The number of halogens is 1. The van der Waals surface area contributed by atoms with Crippen LogP contribution >= 0.6 is 15.9 Å². The Morgan fingerprint density at radius 1 is 1.54 bits per heavy atom. The minimum Gasteiger partial charge on any atom is -0.343 e. The summed E-state index contributed by atoms with van der Waals surface area (Å²) in [7, 11) is 0. The van der Waals surface area contributed by atoms with Crippen LogP contribution in [-0.2, 0) is 4.79 Å². The third-order valence-electron chi connectivity index (χ3n) is 2.63. The molecule has 1 fully saturated rings. The van der Waals surface area contributed by atoms with E-state index in [-0.39, 0.29) is 11.9 Å². The van der Waals surface area contributed by atoms with Gasteiger partial charge in [-0.1, -0.05) is 12.8 Å². The molecule has 0 aliphatic heterocycles. The second kappa shape index (κ2) is 5.29. The average molecular weight is 244 g/mol. The van der Waals surface area contributed by atoms with Crippen LogP contribution in [0.4, 0.5) is 0 Å². The van der Waals surface area contributed by atoms with E-state index in [9.17, 15) is 4.79 Å². The van der Waals surface area contributed by atoms with Gasteiger partial charge in [0.25, 0.3) is 5.91 Å². The molecule has 1 unspecified atom stereocenters. The Kier molecular flexibility index (Phi) is 4.31. The molecule has 1 N–H and O–H groups in total. The van der Waals surface area contributed by atoms with Crippen molar-refractivity contribution in [2.24, 2.45) is 5.92 Å². The van der Waals surface area contributed by atoms with Crippen molar-refractivity contribution in [1.82, 2.24) is 5.32 Å². The number of hydrogen-bond donors (Lipinski definition) is 1. The van der Waals surface area contributed by atoms with Crippen molar-refractivity contribution in [1.29, 1.82) is 0 Å². The first kappa shape index (κ1) is 10.6. The first-order chi connectivity index (χ1) is 6.24. The van der Waals surface area contributed by atoms with E-state index in [1.165, 1.54) is 25.7 Å². The lowest BCUT2D eigenvalue weighted by atomic mass is 10.00. The van der Waals surface area contributed by atoms with Gasteiger partial charge in [-0.15, -0.1) is 0 Å². The van der Waals surface area contributed by atoms with Crippen LogP contribution < -0.4 is 5.32 Å². The molecule has 1 saturated carbocycles. The molecule has 3 heteroatoms. The van der Waals surface area contributed by atoms with Gasteiger partial charge >= 0.3 is 0 Å². The number of rotatable bonds is 2. The molecule has 0 saturated heterocycles. The van der Waals surface area contributed by atoms with Crippen LogP contribution in [0.15, 0.2) is 0 Å². The lowest BCUT2D eigenvalue weighted by molar-refractivity contribution is -0.116. The zero-order valence-electron chi connectivity index (χ0n) is 7.77. The summed E-state index contributed by atoms with van der Waals surface area (Å²) in [6, 6.07) is 0.267. The van der Waals surface area contributed by atoms with Crippen LogP contribution in [0.25, 0.3) is 0 Å². The van der Waals surface area contributed by atoms with E-state index in [2.05, 4.69) is 38.9 Å². The van der Waals surface area contributed by atoms with E-state index in [4.69, 9.17) is 0 Å². The predicted molar refractivity (Wildman–Crippen MR) is 56.3 cm³/mol. The molecule has 72 valence electrons. The lowest BCUT2D eigenvalue weighted by Crippen LogP contribution is -2.36. The molecule has 0 aromatic heterocycles. The summed E-state index contributed by atoms with van der Waals surface area (Å²) in [5.41, 5.74) is 0. The van der Waals surface area contributed by atoms with Gasteiger partial charge in [0, 0.05) is 27.9 Å². The van der Waals surface area contributed by atoms with Crippen LogP contribution in [0, 0.1) is 16.7 Å². The highest BCUT2D eigenvalue weighted by atomic mass is 79.9. The van der Waals surface area contributed by atoms with Crippen LogP contribution in [0.1, 0.15) is 32.6 Å². The van der Waals surface area contributed by atoms with Crippen LogP contribution in [-0.4, -0.2) is 11.9 Å². The fourth-order valence-corrected chi connectivity index (χ4v) is 2.04. The van der Waals surface area contributed by atoms with E-state index in [1.54, 1.807) is 0 Å². The van der Waals surface area contributed by atoms with Crippen molar-refractivity contribution in [3.8, 4) is 10.8 Å². The normalized spacial score (nSPS) is 18.9. The Morgan fingerprint density at radius 2 is 2.15 bits per heavy atom. The molecule has 0 spiro atoms. The second-order valence-electron chi connectivity index (χ2n) is 3.53. The largest absolute Gasteiger partial charge is 0.343 e. The van der Waals surface area contributed by atoms with Crippen LogP contribution in [0.3, 0.4) is 0 Å². The van der Waals surface area contributed by atoms with Gasteiger partial charge in [0.05, 0.1) is 0 Å². The molecule has 0 radical (unpaired) electrons. The zero-order chi connectivity index (χ0) is 9.68. The molecule has 1 aliphatic rings. The van der Waals surface area contributed by atoms with E-state index >= 15 is 0 Å². The molecule has 13 heavy (non-hydrogen) atoms. The van der Waals surface area contributed by atoms with Crippen molar-refractivity contribution in [3.63, 3.8) is 0 Å². The lowest BCUT2D eigenvalue weighted by Gasteiger charge is -2.18. The standard InChI is InChI=1S/C10H14BrNO/c1-8(9-4-2-3-5-9)12-10(13)6-7-11/h8-9H,2-5H2,1H3,(H,12,13). The number of hydrogen-bond acceptors (Lipinski definition) is 1. The third kappa shape index (κ3) is 3.40. The fourth-order valence-electron chi connectivity index (χ4n) is 1.86. The van der Waals surface area contributed by atoms with Crippen LogP contribution in [0.2, 0.25) is 0 Å². The number of carbonyl (C=O) groups excluding carboxylic acids is 1. The van der Waals surface area contributed by atoms with Crippen molar-refractivity contribution >= 4 is 21.8 Å². The molecule has 0 aromatic carbocycles. The van der Waals surface area contributed by atoms with Gasteiger partial charge in [0.15, 0.2) is 0 Å². The molecular weight excluding hydrogens is 230 g/mol. The van der Waals surface area contributed by atoms with Gasteiger partial charge in [-0.2, -0.15) is 0 Å². The van der Waals surface area contributed by atoms with Gasteiger partial charge in [-0.25, -0.2) is 0 Å². The minimum atomic E-state index is -0.184. The average Bonchev–Trinajstić information content (AvgIpc) is 2.55. The monoisotopic (exact) mass is 243 g/mol. The maximum Gasteiger partial charge on any atom is 0.296 e. The summed E-state index contributed by atoms with van der Waals surface area (Å²) in [6.07, 6.45) is 5.08. The van der Waals surface area contributed by atoms with E-state index < -0.39 is 0 Å². The maximum absolute atomic E-state index is 11.1. The summed E-state index contributed by atoms with van der Waals surface area (Å²) in [5, 5.41) is 2.88. The van der Waals surface area contributed by atoms with Crippen molar-refractivity contribution < 1.29 is 4.79 Å². The Hall–Kier alpha value is -0.490. The molecule has 2 nitrogen and oxygen atoms in total. The highest BCUT2D eigenvalue weighted by Crippen LogP contribution is 2.27. The molecule has 1 aliphatic carbocycles. The van der Waals surface area contributed by atoms with Gasteiger partial charge in [0.1, 0.15) is 0 Å². The van der Waals surface area contributed by atoms with Crippen molar-refractivity contribution in [2.75, 3.05) is 0 Å². The molecule has 0 bridgehead atoms. The third-order valence-corrected chi connectivity index (χ3v) is 2.82. The Balaban J connectivity index is 2.33. The molecule has 1 atom stereocenters. The van der Waals surface area contributed by atoms with E-state index in [0.29, 0.717) is 5.92 Å². The summed E-state index contributed by atoms with van der Waals surface area (Å²) in [6.45, 7) is 2.06. The van der Waals surface area contributed by atoms with E-state index in [1.807, 2.05) is 0 Å². The summed E-state index contributed by atoms with van der Waals surface area (Å²) < 4.78 is 0. The predicted octanol–water partition coefficient (Wildman–Crippen LogP) is 2.04. The Bertz CT molecular complexity index is 235. The van der Waals surface area contributed by atoms with Gasteiger partial charge < -0.3 is 5.32 Å². The molecule has 0 aromatic rings. The summed E-state index contributed by atoms with van der Waals surface area (Å²) in [5.74, 6) is 2.89. The van der Waals surface area contributed by atoms with Crippen LogP contribution in [0.5, 0.6) is 0 Å². The topological polar surface area (TPSA) is 29.1 Å². The van der Waals surface area contributed by atoms with Gasteiger partial charge in [-0.05, 0) is 30.5 Å². The Morgan fingerprint density at radius 3 is 2.69 bits per heavy atom. The van der Waals surface area contributed by atoms with E-state index in [0.717, 1.165) is 0 Å². The quantitative estimate of drug-likeness (QED) is 0.740.